The second kappa shape index (κ2) is 6.54. The zero-order chi connectivity index (χ0) is 17.6. The third-order valence-electron chi connectivity index (χ3n) is 6.22. The summed E-state index contributed by atoms with van der Waals surface area (Å²) in [4.78, 5) is 13.1. The summed E-state index contributed by atoms with van der Waals surface area (Å²) < 4.78 is 5.91. The number of nitrogens with one attached hydrogen (secondary N) is 1. The minimum atomic E-state index is 0.165. The highest BCUT2D eigenvalue weighted by molar-refractivity contribution is 7.11. The molecule has 1 saturated heterocycles. The SMILES string of the molecule is CN=C(NC1C2CCOC2C1(C)C)N(C)Cc1nc2c(s1)CCCC2. The number of thiazole rings is 1. The van der Waals surface area contributed by atoms with Gasteiger partial charge in [0.1, 0.15) is 5.01 Å². The Kier molecular flexibility index (Phi) is 4.52. The van der Waals surface area contributed by atoms with Crippen LogP contribution in [0.1, 0.15) is 48.7 Å². The van der Waals surface area contributed by atoms with Gasteiger partial charge in [0.15, 0.2) is 5.96 Å². The van der Waals surface area contributed by atoms with E-state index in [-0.39, 0.29) is 5.41 Å². The summed E-state index contributed by atoms with van der Waals surface area (Å²) in [6.07, 6.45) is 6.53. The predicted molar refractivity (Wildman–Crippen MR) is 102 cm³/mol. The van der Waals surface area contributed by atoms with Crippen molar-refractivity contribution in [2.24, 2.45) is 16.3 Å². The van der Waals surface area contributed by atoms with E-state index in [1.54, 1.807) is 0 Å². The molecule has 2 aliphatic carbocycles. The van der Waals surface area contributed by atoms with Crippen molar-refractivity contribution in [3.63, 3.8) is 0 Å². The Labute approximate surface area is 154 Å². The number of ether oxygens (including phenoxy) is 1. The molecule has 4 rings (SSSR count). The van der Waals surface area contributed by atoms with Crippen LogP contribution in [0.3, 0.4) is 0 Å². The van der Waals surface area contributed by atoms with Gasteiger partial charge in [-0.25, -0.2) is 4.98 Å². The molecule has 6 heteroatoms. The summed E-state index contributed by atoms with van der Waals surface area (Å²) >= 11 is 1.89. The van der Waals surface area contributed by atoms with Crippen LogP contribution in [0.15, 0.2) is 4.99 Å². The molecular formula is C19H30N4OS. The molecule has 5 nitrogen and oxygen atoms in total. The number of hydrogen-bond acceptors (Lipinski definition) is 4. The number of aryl methyl sites for hydroxylation is 2. The first-order valence-electron chi connectivity index (χ1n) is 9.54. The van der Waals surface area contributed by atoms with Crippen LogP contribution in [0, 0.1) is 11.3 Å². The Balaban J connectivity index is 1.42. The highest BCUT2D eigenvalue weighted by Gasteiger charge is 2.59. The monoisotopic (exact) mass is 362 g/mol. The molecule has 25 heavy (non-hydrogen) atoms. The quantitative estimate of drug-likeness (QED) is 0.664. The van der Waals surface area contributed by atoms with E-state index in [0.29, 0.717) is 18.1 Å². The molecule has 2 heterocycles. The lowest BCUT2D eigenvalue weighted by Crippen LogP contribution is -2.67. The van der Waals surface area contributed by atoms with Crippen molar-refractivity contribution in [2.75, 3.05) is 20.7 Å². The minimum absolute atomic E-state index is 0.165. The van der Waals surface area contributed by atoms with E-state index in [1.165, 1.54) is 34.8 Å². The van der Waals surface area contributed by atoms with Gasteiger partial charge in [-0.15, -0.1) is 11.3 Å². The molecule has 1 aromatic heterocycles. The van der Waals surface area contributed by atoms with Crippen LogP contribution in [-0.2, 0) is 24.1 Å². The molecule has 1 saturated carbocycles. The smallest absolute Gasteiger partial charge is 0.194 e. The molecule has 0 radical (unpaired) electrons. The Bertz CT molecular complexity index is 645. The standard InChI is InChI=1S/C19H30N4OS/c1-19(2)16(12-9-10-24-17(12)19)22-18(20-3)23(4)11-15-21-13-7-5-6-8-14(13)25-15/h12,16-17H,5-11H2,1-4H3,(H,20,22). The molecule has 3 aliphatic rings. The van der Waals surface area contributed by atoms with Crippen LogP contribution in [0.2, 0.25) is 0 Å². The molecule has 3 atom stereocenters. The number of nitrogens with zero attached hydrogens (tertiary/aromatic N) is 3. The maximum atomic E-state index is 5.91. The molecule has 138 valence electrons. The van der Waals surface area contributed by atoms with Gasteiger partial charge in [-0.05, 0) is 32.1 Å². The van der Waals surface area contributed by atoms with Crippen molar-refractivity contribution < 1.29 is 4.74 Å². The Morgan fingerprint density at radius 2 is 2.20 bits per heavy atom. The van der Waals surface area contributed by atoms with E-state index in [9.17, 15) is 0 Å². The molecular weight excluding hydrogens is 332 g/mol. The topological polar surface area (TPSA) is 49.8 Å². The third-order valence-corrected chi connectivity index (χ3v) is 7.36. The van der Waals surface area contributed by atoms with E-state index in [1.807, 2.05) is 18.4 Å². The Morgan fingerprint density at radius 3 is 2.96 bits per heavy atom. The molecule has 0 spiro atoms. The van der Waals surface area contributed by atoms with E-state index < -0.39 is 0 Å². The van der Waals surface area contributed by atoms with Gasteiger partial charge in [0, 0.05) is 43.0 Å². The van der Waals surface area contributed by atoms with Gasteiger partial charge < -0.3 is 15.0 Å². The average Bonchev–Trinajstić information content (AvgIpc) is 3.20. The van der Waals surface area contributed by atoms with E-state index in [0.717, 1.165) is 32.0 Å². The van der Waals surface area contributed by atoms with E-state index in [4.69, 9.17) is 9.72 Å². The fourth-order valence-electron chi connectivity index (χ4n) is 4.85. The van der Waals surface area contributed by atoms with Crippen molar-refractivity contribution in [2.45, 2.75) is 64.6 Å². The molecule has 0 amide bonds. The number of hydrogen-bond donors (Lipinski definition) is 1. The van der Waals surface area contributed by atoms with Crippen molar-refractivity contribution in [1.82, 2.24) is 15.2 Å². The first kappa shape index (κ1) is 17.3. The highest BCUT2D eigenvalue weighted by Crippen LogP contribution is 2.52. The van der Waals surface area contributed by atoms with Gasteiger partial charge in [0.05, 0.1) is 18.3 Å². The summed E-state index contributed by atoms with van der Waals surface area (Å²) in [5.74, 6) is 1.59. The summed E-state index contributed by atoms with van der Waals surface area (Å²) in [5.41, 5.74) is 1.51. The van der Waals surface area contributed by atoms with Crippen molar-refractivity contribution in [1.29, 1.82) is 0 Å². The fourth-order valence-corrected chi connectivity index (χ4v) is 6.06. The highest BCUT2D eigenvalue weighted by atomic mass is 32.1. The number of guanidine groups is 1. The van der Waals surface area contributed by atoms with E-state index in [2.05, 4.69) is 36.1 Å². The van der Waals surface area contributed by atoms with Crippen LogP contribution in [-0.4, -0.2) is 48.7 Å². The maximum absolute atomic E-state index is 5.91. The van der Waals surface area contributed by atoms with Crippen molar-refractivity contribution in [3.8, 4) is 0 Å². The lowest BCUT2D eigenvalue weighted by molar-refractivity contribution is -0.107. The van der Waals surface area contributed by atoms with Gasteiger partial charge in [-0.1, -0.05) is 13.8 Å². The molecule has 3 unspecified atom stereocenters. The number of rotatable bonds is 3. The van der Waals surface area contributed by atoms with Crippen LogP contribution in [0.4, 0.5) is 0 Å². The third kappa shape index (κ3) is 2.97. The molecule has 0 aromatic carbocycles. The first-order valence-corrected chi connectivity index (χ1v) is 10.4. The Morgan fingerprint density at radius 1 is 1.40 bits per heavy atom. The van der Waals surface area contributed by atoms with Gasteiger partial charge in [-0.3, -0.25) is 4.99 Å². The summed E-state index contributed by atoms with van der Waals surface area (Å²) in [5, 5.41) is 4.93. The second-order valence-electron chi connectivity index (χ2n) is 8.28. The molecule has 1 aromatic rings. The predicted octanol–water partition coefficient (Wildman–Crippen LogP) is 2.84. The zero-order valence-electron chi connectivity index (χ0n) is 15.8. The van der Waals surface area contributed by atoms with E-state index >= 15 is 0 Å². The lowest BCUT2D eigenvalue weighted by atomic mass is 9.57. The summed E-state index contributed by atoms with van der Waals surface area (Å²) in [6.45, 7) is 6.34. The first-order chi connectivity index (χ1) is 12.0. The largest absolute Gasteiger partial charge is 0.377 e. The van der Waals surface area contributed by atoms with Gasteiger partial charge in [0.25, 0.3) is 0 Å². The van der Waals surface area contributed by atoms with Crippen LogP contribution < -0.4 is 5.32 Å². The second-order valence-corrected chi connectivity index (χ2v) is 9.44. The van der Waals surface area contributed by atoms with Crippen molar-refractivity contribution >= 4 is 17.3 Å². The molecule has 0 bridgehead atoms. The minimum Gasteiger partial charge on any atom is -0.377 e. The normalized spacial score (nSPS) is 30.4. The van der Waals surface area contributed by atoms with Gasteiger partial charge >= 0.3 is 0 Å². The van der Waals surface area contributed by atoms with Crippen LogP contribution >= 0.6 is 11.3 Å². The van der Waals surface area contributed by atoms with Gasteiger partial charge in [0.2, 0.25) is 0 Å². The number of aliphatic imine (C=N–C) groups is 1. The summed E-state index contributed by atoms with van der Waals surface area (Å²) in [6, 6.07) is 0.436. The molecule has 2 fully saturated rings. The number of aromatic nitrogens is 1. The van der Waals surface area contributed by atoms with Gasteiger partial charge in [-0.2, -0.15) is 0 Å². The van der Waals surface area contributed by atoms with Crippen LogP contribution in [0.25, 0.3) is 0 Å². The van der Waals surface area contributed by atoms with Crippen molar-refractivity contribution in [3.05, 3.63) is 15.6 Å². The maximum Gasteiger partial charge on any atom is 0.194 e. The zero-order valence-corrected chi connectivity index (χ0v) is 16.7. The van der Waals surface area contributed by atoms with Crippen LogP contribution in [0.5, 0.6) is 0 Å². The Hall–Kier alpha value is -1.14. The average molecular weight is 363 g/mol. The lowest BCUT2D eigenvalue weighted by Gasteiger charge is -2.55. The summed E-state index contributed by atoms with van der Waals surface area (Å²) in [7, 11) is 3.99. The molecule has 1 aliphatic heterocycles. The number of fused-ring (bicyclic) bond motifs is 2. The molecule has 1 N–H and O–H groups in total. The fraction of sp³-hybridized carbons (Fsp3) is 0.789.